The number of nitrogens with one attached hydrogen (secondary N) is 1. The molecule has 4 nitrogen and oxygen atoms in total. The third-order valence-corrected chi connectivity index (χ3v) is 2.03. The minimum atomic E-state index is -0.215. The van der Waals surface area contributed by atoms with E-state index in [1.807, 2.05) is 0 Å². The van der Waals surface area contributed by atoms with Crippen LogP contribution in [0, 0.1) is 0 Å². The lowest BCUT2D eigenvalue weighted by atomic mass is 10.2. The van der Waals surface area contributed by atoms with Crippen LogP contribution in [0.3, 0.4) is 0 Å². The fraction of sp³-hybridized carbons (Fsp3) is 0.667. The van der Waals surface area contributed by atoms with E-state index in [9.17, 15) is 9.59 Å². The van der Waals surface area contributed by atoms with Gasteiger partial charge in [-0.2, -0.15) is 0 Å². The summed E-state index contributed by atoms with van der Waals surface area (Å²) < 4.78 is 0. The second kappa shape index (κ2) is 1.71. The molecule has 2 heterocycles. The third-order valence-electron chi connectivity index (χ3n) is 2.03. The number of hydrogen-bond acceptors (Lipinski definition) is 2. The molecule has 10 heavy (non-hydrogen) atoms. The van der Waals surface area contributed by atoms with Gasteiger partial charge in [-0.15, -0.1) is 0 Å². The van der Waals surface area contributed by atoms with Crippen LogP contribution in [0.15, 0.2) is 0 Å². The van der Waals surface area contributed by atoms with Gasteiger partial charge in [-0.1, -0.05) is 0 Å². The smallest absolute Gasteiger partial charge is 0.324 e. The molecule has 3 amide bonds. The van der Waals surface area contributed by atoms with Crippen molar-refractivity contribution in [2.24, 2.45) is 0 Å². The molecule has 2 saturated heterocycles. The van der Waals surface area contributed by atoms with E-state index in [1.165, 1.54) is 4.90 Å². The van der Waals surface area contributed by atoms with Crippen molar-refractivity contribution in [2.45, 2.75) is 18.9 Å². The normalized spacial score (nSPS) is 30.8. The van der Waals surface area contributed by atoms with Crippen LogP contribution >= 0.6 is 0 Å². The summed E-state index contributed by atoms with van der Waals surface area (Å²) in [7, 11) is 0. The maximum absolute atomic E-state index is 10.9. The number of urea groups is 1. The Kier molecular flexibility index (Phi) is 0.977. The Morgan fingerprint density at radius 2 is 2.30 bits per heavy atom. The summed E-state index contributed by atoms with van der Waals surface area (Å²) in [5.41, 5.74) is 0. The first-order valence-corrected chi connectivity index (χ1v) is 3.39. The number of carbonyl (C=O) groups excluding carboxylic acids is 2. The first-order valence-electron chi connectivity index (χ1n) is 3.39. The molecule has 2 rings (SSSR count). The molecule has 0 aromatic carbocycles. The summed E-state index contributed by atoms with van der Waals surface area (Å²) in [6, 6.07) is -0.0625. The molecule has 0 radical (unpaired) electrons. The number of fused-ring (bicyclic) bond motifs is 1. The molecule has 4 heteroatoms. The molecule has 0 aliphatic carbocycles. The van der Waals surface area contributed by atoms with Crippen molar-refractivity contribution in [1.29, 1.82) is 0 Å². The van der Waals surface area contributed by atoms with Crippen LogP contribution < -0.4 is 5.32 Å². The lowest BCUT2D eigenvalue weighted by molar-refractivity contribution is -0.125. The summed E-state index contributed by atoms with van der Waals surface area (Å²) in [6.45, 7) is 0.643. The molecular formula is C6H8N2O2. The van der Waals surface area contributed by atoms with Crippen LogP contribution in [0.4, 0.5) is 4.79 Å². The van der Waals surface area contributed by atoms with Gasteiger partial charge in [0.25, 0.3) is 0 Å². The molecule has 2 fully saturated rings. The predicted octanol–water partition coefficient (Wildman–Crippen LogP) is -0.299. The average Bonchev–Trinajstić information content (AvgIpc) is 2.40. The SMILES string of the molecule is O=C1CC[C@H]2CNC(=O)N12. The molecule has 0 spiro atoms. The van der Waals surface area contributed by atoms with Crippen LogP contribution in [-0.2, 0) is 4.79 Å². The maximum atomic E-state index is 10.9. The van der Waals surface area contributed by atoms with E-state index in [4.69, 9.17) is 0 Å². The van der Waals surface area contributed by atoms with Crippen LogP contribution in [-0.4, -0.2) is 29.4 Å². The average molecular weight is 140 g/mol. The topological polar surface area (TPSA) is 49.4 Å². The molecule has 0 aromatic rings. The van der Waals surface area contributed by atoms with Gasteiger partial charge in [-0.25, -0.2) is 4.79 Å². The van der Waals surface area contributed by atoms with Crippen LogP contribution in [0.25, 0.3) is 0 Å². The number of carbonyl (C=O) groups is 2. The highest BCUT2D eigenvalue weighted by Gasteiger charge is 2.40. The van der Waals surface area contributed by atoms with Crippen molar-refractivity contribution in [3.63, 3.8) is 0 Å². The van der Waals surface area contributed by atoms with Gasteiger partial charge in [0.2, 0.25) is 5.91 Å². The van der Waals surface area contributed by atoms with E-state index >= 15 is 0 Å². The largest absolute Gasteiger partial charge is 0.336 e. The summed E-state index contributed by atoms with van der Waals surface area (Å²) >= 11 is 0. The molecule has 0 unspecified atom stereocenters. The molecule has 0 aromatic heterocycles. The highest BCUT2D eigenvalue weighted by atomic mass is 16.2. The summed E-state index contributed by atoms with van der Waals surface area (Å²) in [5.74, 6) is -0.0278. The van der Waals surface area contributed by atoms with Gasteiger partial charge in [-0.05, 0) is 6.42 Å². The van der Waals surface area contributed by atoms with Gasteiger partial charge in [0, 0.05) is 13.0 Å². The second-order valence-corrected chi connectivity index (χ2v) is 2.64. The zero-order chi connectivity index (χ0) is 7.14. The number of nitrogens with zero attached hydrogens (tertiary/aromatic N) is 1. The van der Waals surface area contributed by atoms with Crippen LogP contribution in [0.2, 0.25) is 0 Å². The van der Waals surface area contributed by atoms with Crippen LogP contribution in [0.5, 0.6) is 0 Å². The van der Waals surface area contributed by atoms with Gasteiger partial charge >= 0.3 is 6.03 Å². The predicted molar refractivity (Wildman–Crippen MR) is 33.3 cm³/mol. The lowest BCUT2D eigenvalue weighted by Gasteiger charge is -2.08. The first-order chi connectivity index (χ1) is 4.79. The van der Waals surface area contributed by atoms with Crippen molar-refractivity contribution in [3.05, 3.63) is 0 Å². The van der Waals surface area contributed by atoms with Crippen molar-refractivity contribution in [3.8, 4) is 0 Å². The van der Waals surface area contributed by atoms with Crippen molar-refractivity contribution < 1.29 is 9.59 Å². The standard InChI is InChI=1S/C6H8N2O2/c9-5-2-1-4-3-7-6(10)8(4)5/h4H,1-3H2,(H,7,10)/t4-/m0/s1. The van der Waals surface area contributed by atoms with E-state index in [2.05, 4.69) is 5.32 Å². The fourth-order valence-electron chi connectivity index (χ4n) is 1.51. The summed E-state index contributed by atoms with van der Waals surface area (Å²) in [5, 5.41) is 2.62. The van der Waals surface area contributed by atoms with Crippen LogP contribution in [0.1, 0.15) is 12.8 Å². The Bertz CT molecular complexity index is 182. The second-order valence-electron chi connectivity index (χ2n) is 2.64. The van der Waals surface area contributed by atoms with E-state index in [-0.39, 0.29) is 18.0 Å². The van der Waals surface area contributed by atoms with E-state index in [0.717, 1.165) is 6.42 Å². The van der Waals surface area contributed by atoms with Crippen molar-refractivity contribution >= 4 is 11.9 Å². The van der Waals surface area contributed by atoms with Gasteiger partial charge in [0.05, 0.1) is 6.04 Å². The van der Waals surface area contributed by atoms with E-state index in [1.54, 1.807) is 0 Å². The highest BCUT2D eigenvalue weighted by Crippen LogP contribution is 2.21. The lowest BCUT2D eigenvalue weighted by Crippen LogP contribution is -2.32. The monoisotopic (exact) mass is 140 g/mol. The Hall–Kier alpha value is -1.06. The molecule has 2 aliphatic rings. The maximum Gasteiger partial charge on any atom is 0.324 e. The summed E-state index contributed by atoms with van der Waals surface area (Å²) in [4.78, 5) is 23.1. The van der Waals surface area contributed by atoms with Gasteiger partial charge in [0.1, 0.15) is 0 Å². The van der Waals surface area contributed by atoms with E-state index < -0.39 is 0 Å². The Morgan fingerprint density at radius 3 is 3.00 bits per heavy atom. The minimum Gasteiger partial charge on any atom is -0.336 e. The minimum absolute atomic E-state index is 0.0278. The van der Waals surface area contributed by atoms with E-state index in [0.29, 0.717) is 13.0 Å². The molecule has 0 bridgehead atoms. The van der Waals surface area contributed by atoms with Gasteiger partial charge in [0.15, 0.2) is 0 Å². The molecular weight excluding hydrogens is 132 g/mol. The number of imide groups is 1. The highest BCUT2D eigenvalue weighted by molar-refractivity contribution is 5.98. The molecule has 1 N–H and O–H groups in total. The van der Waals surface area contributed by atoms with Gasteiger partial charge < -0.3 is 5.32 Å². The fourth-order valence-corrected chi connectivity index (χ4v) is 1.51. The number of rotatable bonds is 0. The molecule has 1 atom stereocenters. The van der Waals surface area contributed by atoms with Crippen molar-refractivity contribution in [1.82, 2.24) is 10.2 Å². The summed E-state index contributed by atoms with van der Waals surface area (Å²) in [6.07, 6.45) is 1.37. The first kappa shape index (κ1) is 5.70. The Morgan fingerprint density at radius 1 is 1.50 bits per heavy atom. The Balaban J connectivity index is 2.26. The quantitative estimate of drug-likeness (QED) is 0.502. The third kappa shape index (κ3) is 0.558. The van der Waals surface area contributed by atoms with Gasteiger partial charge in [-0.3, -0.25) is 9.69 Å². The zero-order valence-corrected chi connectivity index (χ0v) is 5.46. The zero-order valence-electron chi connectivity index (χ0n) is 5.46. The molecule has 54 valence electrons. The Labute approximate surface area is 58.2 Å². The number of hydrogen-bond donors (Lipinski definition) is 1. The molecule has 0 saturated carbocycles. The van der Waals surface area contributed by atoms with Crippen molar-refractivity contribution in [2.75, 3.05) is 6.54 Å². The molecule has 2 aliphatic heterocycles. The number of amides is 3.